The predicted octanol–water partition coefficient (Wildman–Crippen LogP) is 2.24. The van der Waals surface area contributed by atoms with Crippen molar-refractivity contribution in [3.05, 3.63) is 59.4 Å². The van der Waals surface area contributed by atoms with Gasteiger partial charge in [-0.25, -0.2) is 4.39 Å². The van der Waals surface area contributed by atoms with Crippen LogP contribution in [0.3, 0.4) is 0 Å². The van der Waals surface area contributed by atoms with E-state index in [0.29, 0.717) is 25.9 Å². The van der Waals surface area contributed by atoms with Crippen molar-refractivity contribution < 1.29 is 14.0 Å². The maximum atomic E-state index is 13.0. The zero-order chi connectivity index (χ0) is 19.0. The Hall–Kier alpha value is -2.89. The van der Waals surface area contributed by atoms with Gasteiger partial charge < -0.3 is 14.7 Å². The first kappa shape index (κ1) is 17.5. The molecule has 2 amide bonds. The van der Waals surface area contributed by atoms with E-state index in [4.69, 9.17) is 0 Å². The number of carbonyl (C=O) groups excluding carboxylic acids is 2. The first-order chi connectivity index (χ1) is 13.0. The molecule has 0 aromatic heterocycles. The van der Waals surface area contributed by atoms with Crippen molar-refractivity contribution in [3.63, 3.8) is 0 Å². The van der Waals surface area contributed by atoms with E-state index < -0.39 is 0 Å². The second kappa shape index (κ2) is 7.02. The Labute approximate surface area is 158 Å². The Bertz CT molecular complexity index is 873. The van der Waals surface area contributed by atoms with E-state index in [-0.39, 0.29) is 17.6 Å². The van der Waals surface area contributed by atoms with E-state index in [2.05, 4.69) is 11.0 Å². The van der Waals surface area contributed by atoms with Crippen LogP contribution < -0.4 is 9.80 Å². The molecule has 0 saturated carbocycles. The molecule has 0 radical (unpaired) electrons. The lowest BCUT2D eigenvalue weighted by atomic mass is 10.1. The van der Waals surface area contributed by atoms with Gasteiger partial charge in [0.15, 0.2) is 0 Å². The van der Waals surface area contributed by atoms with Crippen LogP contribution in [0.5, 0.6) is 0 Å². The fourth-order valence-corrected chi connectivity index (χ4v) is 3.76. The second-order valence-electron chi connectivity index (χ2n) is 7.11. The molecular weight excluding hydrogens is 345 g/mol. The average molecular weight is 367 g/mol. The predicted molar refractivity (Wildman–Crippen MR) is 102 cm³/mol. The number of amides is 2. The van der Waals surface area contributed by atoms with Crippen LogP contribution in [-0.2, 0) is 22.4 Å². The van der Waals surface area contributed by atoms with Crippen molar-refractivity contribution in [2.24, 2.45) is 0 Å². The summed E-state index contributed by atoms with van der Waals surface area (Å²) in [5, 5.41) is 0. The van der Waals surface area contributed by atoms with Gasteiger partial charge in [0.2, 0.25) is 11.8 Å². The number of nitrogens with zero attached hydrogens (tertiary/aromatic N) is 3. The summed E-state index contributed by atoms with van der Waals surface area (Å²) in [6, 6.07) is 12.2. The van der Waals surface area contributed by atoms with Crippen molar-refractivity contribution in [2.75, 3.05) is 43.0 Å². The molecule has 27 heavy (non-hydrogen) atoms. The van der Waals surface area contributed by atoms with Gasteiger partial charge in [0.05, 0.1) is 12.8 Å². The molecule has 2 aliphatic rings. The highest BCUT2D eigenvalue weighted by atomic mass is 19.1. The van der Waals surface area contributed by atoms with Gasteiger partial charge in [-0.3, -0.25) is 9.59 Å². The summed E-state index contributed by atoms with van der Waals surface area (Å²) in [5.41, 5.74) is 3.98. The van der Waals surface area contributed by atoms with Gasteiger partial charge in [0.1, 0.15) is 5.82 Å². The second-order valence-corrected chi connectivity index (χ2v) is 7.11. The average Bonchev–Trinajstić information content (AvgIpc) is 2.97. The van der Waals surface area contributed by atoms with Crippen LogP contribution in [0.25, 0.3) is 0 Å². The maximum Gasteiger partial charge on any atom is 0.231 e. The minimum absolute atomic E-state index is 0.0717. The van der Waals surface area contributed by atoms with Gasteiger partial charge in [0, 0.05) is 44.6 Å². The third-order valence-corrected chi connectivity index (χ3v) is 5.41. The van der Waals surface area contributed by atoms with E-state index in [1.54, 1.807) is 24.1 Å². The molecule has 1 saturated heterocycles. The molecule has 4 rings (SSSR count). The van der Waals surface area contributed by atoms with E-state index in [0.717, 1.165) is 35.6 Å². The lowest BCUT2D eigenvalue weighted by molar-refractivity contribution is -0.130. The van der Waals surface area contributed by atoms with Crippen LogP contribution in [0.1, 0.15) is 11.1 Å². The van der Waals surface area contributed by atoms with Crippen molar-refractivity contribution in [1.82, 2.24) is 4.90 Å². The Balaban J connectivity index is 1.36. The number of hydrogen-bond acceptors (Lipinski definition) is 3. The molecule has 0 bridgehead atoms. The van der Waals surface area contributed by atoms with Crippen molar-refractivity contribution >= 4 is 23.2 Å². The molecule has 140 valence electrons. The normalized spacial score (nSPS) is 16.7. The van der Waals surface area contributed by atoms with E-state index in [9.17, 15) is 14.0 Å². The highest BCUT2D eigenvalue weighted by Gasteiger charge is 2.26. The highest BCUT2D eigenvalue weighted by Crippen LogP contribution is 2.31. The zero-order valence-electron chi connectivity index (χ0n) is 15.3. The Morgan fingerprint density at radius 3 is 2.44 bits per heavy atom. The first-order valence-electron chi connectivity index (χ1n) is 9.18. The van der Waals surface area contributed by atoms with E-state index in [1.807, 2.05) is 17.0 Å². The Morgan fingerprint density at radius 1 is 1.04 bits per heavy atom. The molecule has 1 fully saturated rings. The number of piperazine rings is 1. The molecule has 0 unspecified atom stereocenters. The first-order valence-corrected chi connectivity index (χ1v) is 9.18. The van der Waals surface area contributed by atoms with Crippen molar-refractivity contribution in [1.29, 1.82) is 0 Å². The van der Waals surface area contributed by atoms with Crippen LogP contribution in [0.4, 0.5) is 15.8 Å². The molecule has 0 spiro atoms. The zero-order valence-corrected chi connectivity index (χ0v) is 15.3. The lowest BCUT2D eigenvalue weighted by Crippen LogP contribution is -2.49. The summed E-state index contributed by atoms with van der Waals surface area (Å²) < 4.78 is 13.0. The number of likely N-dealkylation sites (N-methyl/N-ethyl adjacent to an activating group) is 1. The van der Waals surface area contributed by atoms with Gasteiger partial charge >= 0.3 is 0 Å². The highest BCUT2D eigenvalue weighted by molar-refractivity contribution is 6.01. The standard InChI is InChI=1S/C21H22FN3O2/c1-23-19-7-6-18(13-16(19)14-20(23)26)24-8-10-25(11-9-24)21(27)12-15-2-4-17(22)5-3-15/h2-7,13H,8-12,14H2,1H3. The Kier molecular flexibility index (Phi) is 4.56. The fraction of sp³-hybridized carbons (Fsp3) is 0.333. The number of carbonyl (C=O) groups is 2. The summed E-state index contributed by atoms with van der Waals surface area (Å²) in [6.07, 6.45) is 0.753. The lowest BCUT2D eigenvalue weighted by Gasteiger charge is -2.36. The largest absolute Gasteiger partial charge is 0.368 e. The summed E-state index contributed by atoms with van der Waals surface area (Å²) in [7, 11) is 1.80. The molecule has 5 nitrogen and oxygen atoms in total. The molecule has 2 aliphatic heterocycles. The third-order valence-electron chi connectivity index (χ3n) is 5.41. The Morgan fingerprint density at radius 2 is 1.74 bits per heavy atom. The summed E-state index contributed by atoms with van der Waals surface area (Å²) >= 11 is 0. The third kappa shape index (κ3) is 3.52. The molecule has 2 aromatic carbocycles. The fourth-order valence-electron chi connectivity index (χ4n) is 3.76. The number of rotatable bonds is 3. The van der Waals surface area contributed by atoms with Crippen molar-refractivity contribution in [3.8, 4) is 0 Å². The number of hydrogen-bond donors (Lipinski definition) is 0. The van der Waals surface area contributed by atoms with Crippen LogP contribution >= 0.6 is 0 Å². The monoisotopic (exact) mass is 367 g/mol. The molecule has 6 heteroatoms. The summed E-state index contributed by atoms with van der Waals surface area (Å²) in [5.74, 6) is -0.0946. The summed E-state index contributed by atoms with van der Waals surface area (Å²) in [6.45, 7) is 2.85. The molecule has 2 heterocycles. The van der Waals surface area contributed by atoms with Crippen LogP contribution in [0.2, 0.25) is 0 Å². The topological polar surface area (TPSA) is 43.9 Å². The van der Waals surface area contributed by atoms with E-state index >= 15 is 0 Å². The summed E-state index contributed by atoms with van der Waals surface area (Å²) in [4.78, 5) is 30.2. The minimum atomic E-state index is -0.290. The van der Waals surface area contributed by atoms with E-state index in [1.165, 1.54) is 12.1 Å². The number of fused-ring (bicyclic) bond motifs is 1. The van der Waals surface area contributed by atoms with Gasteiger partial charge in [-0.15, -0.1) is 0 Å². The molecule has 0 atom stereocenters. The van der Waals surface area contributed by atoms with Crippen LogP contribution in [0.15, 0.2) is 42.5 Å². The molecule has 0 aliphatic carbocycles. The SMILES string of the molecule is CN1C(=O)Cc2cc(N3CCN(C(=O)Cc4ccc(F)cc4)CC3)ccc21. The quantitative estimate of drug-likeness (QED) is 0.836. The van der Waals surface area contributed by atoms with Gasteiger partial charge in [-0.05, 0) is 41.5 Å². The molecule has 2 aromatic rings. The van der Waals surface area contributed by atoms with Crippen LogP contribution in [-0.4, -0.2) is 49.9 Å². The van der Waals surface area contributed by atoms with Crippen molar-refractivity contribution in [2.45, 2.75) is 12.8 Å². The molecule has 0 N–H and O–H groups in total. The minimum Gasteiger partial charge on any atom is -0.368 e. The maximum absolute atomic E-state index is 13.0. The number of benzene rings is 2. The molecular formula is C21H22FN3O2. The smallest absolute Gasteiger partial charge is 0.231 e. The van der Waals surface area contributed by atoms with Gasteiger partial charge in [-0.2, -0.15) is 0 Å². The number of anilines is 2. The van der Waals surface area contributed by atoms with Gasteiger partial charge in [-0.1, -0.05) is 12.1 Å². The van der Waals surface area contributed by atoms with Crippen LogP contribution in [0, 0.1) is 5.82 Å². The van der Waals surface area contributed by atoms with Gasteiger partial charge in [0.25, 0.3) is 0 Å². The number of halogens is 1.